The second-order valence-electron chi connectivity index (χ2n) is 6.85. The van der Waals surface area contributed by atoms with Crippen LogP contribution in [0.2, 0.25) is 5.02 Å². The highest BCUT2D eigenvalue weighted by molar-refractivity contribution is 7.99. The van der Waals surface area contributed by atoms with Gasteiger partial charge < -0.3 is 19.9 Å². The molecule has 0 saturated carbocycles. The Morgan fingerprint density at radius 2 is 1.91 bits per heavy atom. The molecule has 10 heteroatoms. The number of carbonyl (C=O) groups excluding carboxylic acids is 2. The van der Waals surface area contributed by atoms with Crippen molar-refractivity contribution < 1.29 is 14.3 Å². The van der Waals surface area contributed by atoms with Crippen molar-refractivity contribution in [1.29, 1.82) is 0 Å². The summed E-state index contributed by atoms with van der Waals surface area (Å²) in [5.74, 6) is 1.11. The van der Waals surface area contributed by atoms with Gasteiger partial charge >= 0.3 is 0 Å². The molecule has 3 rings (SSSR count). The Morgan fingerprint density at radius 3 is 2.56 bits per heavy atom. The molecule has 3 aromatic rings. The molecule has 2 amide bonds. The minimum Gasteiger partial charge on any atom is -0.497 e. The number of hydrogen-bond donors (Lipinski definition) is 2. The number of rotatable bonds is 9. The van der Waals surface area contributed by atoms with Crippen LogP contribution in [0.4, 0.5) is 5.69 Å². The minimum atomic E-state index is -0.217. The van der Waals surface area contributed by atoms with Gasteiger partial charge in [-0.25, -0.2) is 0 Å². The monoisotopic (exact) mass is 473 g/mol. The predicted molar refractivity (Wildman–Crippen MR) is 125 cm³/mol. The third-order valence-electron chi connectivity index (χ3n) is 4.66. The smallest absolute Gasteiger partial charge is 0.251 e. The number of carbonyl (C=O) groups is 2. The van der Waals surface area contributed by atoms with Gasteiger partial charge in [0.05, 0.1) is 19.4 Å². The zero-order chi connectivity index (χ0) is 23.1. The number of aromatic nitrogens is 3. The highest BCUT2D eigenvalue weighted by Gasteiger charge is 2.15. The van der Waals surface area contributed by atoms with Crippen LogP contribution in [-0.4, -0.2) is 39.4 Å². The minimum absolute atomic E-state index is 0.152. The Kier molecular flexibility index (Phi) is 8.13. The normalized spacial score (nSPS) is 10.6. The number of aryl methyl sites for hydroxylation is 1. The fourth-order valence-electron chi connectivity index (χ4n) is 2.96. The SMILES string of the molecule is CCn1c(CNC(=O)c2ccc(OC)cc2)nnc1SCC(=O)Nc1ccc(Cl)cc1C. The van der Waals surface area contributed by atoms with E-state index in [4.69, 9.17) is 16.3 Å². The molecule has 0 aliphatic rings. The standard InChI is InChI=1S/C22H24ClN5O3S/c1-4-28-19(12-24-21(30)15-5-8-17(31-3)9-6-15)26-27-22(28)32-13-20(29)25-18-10-7-16(23)11-14(18)2/h5-11H,4,12-13H2,1-3H3,(H,24,30)(H,25,29). The molecular formula is C22H24ClN5O3S. The Balaban J connectivity index is 1.56. The molecule has 1 heterocycles. The van der Waals surface area contributed by atoms with E-state index in [9.17, 15) is 9.59 Å². The zero-order valence-corrected chi connectivity index (χ0v) is 19.6. The average molecular weight is 474 g/mol. The van der Waals surface area contributed by atoms with Gasteiger partial charge in [-0.05, 0) is 61.9 Å². The summed E-state index contributed by atoms with van der Waals surface area (Å²) in [5, 5.41) is 15.3. The third-order valence-corrected chi connectivity index (χ3v) is 5.87. The molecule has 0 spiro atoms. The van der Waals surface area contributed by atoms with Gasteiger partial charge in [0.1, 0.15) is 5.75 Å². The Labute approximate surface area is 195 Å². The fraction of sp³-hybridized carbons (Fsp3) is 0.273. The summed E-state index contributed by atoms with van der Waals surface area (Å²) in [7, 11) is 1.57. The number of methoxy groups -OCH3 is 1. The largest absolute Gasteiger partial charge is 0.497 e. The molecule has 8 nitrogen and oxygen atoms in total. The van der Waals surface area contributed by atoms with Crippen molar-refractivity contribution in [1.82, 2.24) is 20.1 Å². The Hall–Kier alpha value is -3.04. The number of benzene rings is 2. The summed E-state index contributed by atoms with van der Waals surface area (Å²) in [6.07, 6.45) is 0. The van der Waals surface area contributed by atoms with Crippen LogP contribution in [0.3, 0.4) is 0 Å². The van der Waals surface area contributed by atoms with Gasteiger partial charge in [0.15, 0.2) is 11.0 Å². The van der Waals surface area contributed by atoms with Gasteiger partial charge in [0.2, 0.25) is 5.91 Å². The molecule has 0 aliphatic carbocycles. The van der Waals surface area contributed by atoms with Crippen LogP contribution >= 0.6 is 23.4 Å². The number of halogens is 1. The first kappa shape index (κ1) is 23.6. The topological polar surface area (TPSA) is 98.1 Å². The molecule has 0 aliphatic heterocycles. The van der Waals surface area contributed by atoms with Crippen LogP contribution < -0.4 is 15.4 Å². The first-order chi connectivity index (χ1) is 15.4. The number of nitrogens with one attached hydrogen (secondary N) is 2. The van der Waals surface area contributed by atoms with E-state index >= 15 is 0 Å². The van der Waals surface area contributed by atoms with E-state index in [-0.39, 0.29) is 24.1 Å². The lowest BCUT2D eigenvalue weighted by Gasteiger charge is -2.10. The van der Waals surface area contributed by atoms with Gasteiger partial charge in [0, 0.05) is 22.8 Å². The average Bonchev–Trinajstić information content (AvgIpc) is 3.19. The molecule has 2 N–H and O–H groups in total. The summed E-state index contributed by atoms with van der Waals surface area (Å²) < 4.78 is 6.98. The lowest BCUT2D eigenvalue weighted by molar-refractivity contribution is -0.113. The van der Waals surface area contributed by atoms with Crippen LogP contribution in [0, 0.1) is 6.92 Å². The molecule has 1 aromatic heterocycles. The number of amides is 2. The highest BCUT2D eigenvalue weighted by Crippen LogP contribution is 2.21. The van der Waals surface area contributed by atoms with Crippen molar-refractivity contribution in [2.45, 2.75) is 32.1 Å². The van der Waals surface area contributed by atoms with Crippen molar-refractivity contribution in [2.75, 3.05) is 18.2 Å². The second kappa shape index (κ2) is 11.0. The highest BCUT2D eigenvalue weighted by atomic mass is 35.5. The van der Waals surface area contributed by atoms with Gasteiger partial charge in [-0.3, -0.25) is 9.59 Å². The van der Waals surface area contributed by atoms with E-state index in [0.717, 1.165) is 11.3 Å². The van der Waals surface area contributed by atoms with Crippen molar-refractivity contribution in [3.8, 4) is 5.75 Å². The maximum atomic E-state index is 12.4. The van der Waals surface area contributed by atoms with E-state index < -0.39 is 0 Å². The first-order valence-electron chi connectivity index (χ1n) is 9.94. The molecule has 0 unspecified atom stereocenters. The third kappa shape index (κ3) is 6.02. The number of hydrogen-bond acceptors (Lipinski definition) is 6. The molecule has 2 aromatic carbocycles. The van der Waals surface area contributed by atoms with Gasteiger partial charge in [-0.2, -0.15) is 0 Å². The molecule has 168 valence electrons. The maximum Gasteiger partial charge on any atom is 0.251 e. The summed E-state index contributed by atoms with van der Waals surface area (Å²) in [6, 6.07) is 12.2. The molecule has 0 radical (unpaired) electrons. The second-order valence-corrected chi connectivity index (χ2v) is 8.23. The number of nitrogens with zero attached hydrogens (tertiary/aromatic N) is 3. The van der Waals surface area contributed by atoms with E-state index in [1.165, 1.54) is 11.8 Å². The van der Waals surface area contributed by atoms with Crippen molar-refractivity contribution in [2.24, 2.45) is 0 Å². The molecule has 0 atom stereocenters. The van der Waals surface area contributed by atoms with Crippen LogP contribution in [0.15, 0.2) is 47.6 Å². The van der Waals surface area contributed by atoms with E-state index in [1.807, 2.05) is 18.4 Å². The van der Waals surface area contributed by atoms with Crippen LogP contribution in [0.1, 0.15) is 28.7 Å². The number of anilines is 1. The van der Waals surface area contributed by atoms with Crippen LogP contribution in [0.5, 0.6) is 5.75 Å². The summed E-state index contributed by atoms with van der Waals surface area (Å²) in [5.41, 5.74) is 2.14. The molecule has 0 saturated heterocycles. The molecule has 0 fully saturated rings. The fourth-order valence-corrected chi connectivity index (χ4v) is 4.01. The van der Waals surface area contributed by atoms with Gasteiger partial charge in [0.25, 0.3) is 5.91 Å². The lowest BCUT2D eigenvalue weighted by Crippen LogP contribution is -2.24. The molecule has 32 heavy (non-hydrogen) atoms. The summed E-state index contributed by atoms with van der Waals surface area (Å²) >= 11 is 7.24. The Bertz CT molecular complexity index is 1100. The summed E-state index contributed by atoms with van der Waals surface area (Å²) in [6.45, 7) is 4.68. The van der Waals surface area contributed by atoms with E-state index in [1.54, 1.807) is 49.6 Å². The van der Waals surface area contributed by atoms with Crippen molar-refractivity contribution >= 4 is 40.9 Å². The van der Waals surface area contributed by atoms with Crippen LogP contribution in [0.25, 0.3) is 0 Å². The predicted octanol–water partition coefficient (Wildman–Crippen LogP) is 3.93. The number of thioether (sulfide) groups is 1. The quantitative estimate of drug-likeness (QED) is 0.457. The molecular weight excluding hydrogens is 450 g/mol. The van der Waals surface area contributed by atoms with Crippen LogP contribution in [-0.2, 0) is 17.9 Å². The Morgan fingerprint density at radius 1 is 1.16 bits per heavy atom. The maximum absolute atomic E-state index is 12.4. The molecule has 0 bridgehead atoms. The van der Waals surface area contributed by atoms with Gasteiger partial charge in [-0.1, -0.05) is 23.4 Å². The van der Waals surface area contributed by atoms with E-state index in [2.05, 4.69) is 20.8 Å². The van der Waals surface area contributed by atoms with Crippen molar-refractivity contribution in [3.63, 3.8) is 0 Å². The lowest BCUT2D eigenvalue weighted by atomic mass is 10.2. The van der Waals surface area contributed by atoms with E-state index in [0.29, 0.717) is 33.9 Å². The zero-order valence-electron chi connectivity index (χ0n) is 18.0. The van der Waals surface area contributed by atoms with Gasteiger partial charge in [-0.15, -0.1) is 10.2 Å². The van der Waals surface area contributed by atoms with Crippen molar-refractivity contribution in [3.05, 3.63) is 64.4 Å². The number of ether oxygens (including phenoxy) is 1. The first-order valence-corrected chi connectivity index (χ1v) is 11.3. The summed E-state index contributed by atoms with van der Waals surface area (Å²) in [4.78, 5) is 24.7.